The second-order valence-corrected chi connectivity index (χ2v) is 13.3. The number of benzene rings is 1. The minimum atomic E-state index is -3.20. The van der Waals surface area contributed by atoms with Crippen LogP contribution in [0.15, 0.2) is 54.6 Å². The predicted molar refractivity (Wildman–Crippen MR) is 175 cm³/mol. The predicted octanol–water partition coefficient (Wildman–Crippen LogP) is 7.92. The lowest BCUT2D eigenvalue weighted by atomic mass is 9.89. The summed E-state index contributed by atoms with van der Waals surface area (Å²) in [5, 5.41) is 24.4. The molecule has 0 saturated heterocycles. The molecule has 0 amide bonds. The number of carbonyl (C=O) groups is 1. The Balaban J connectivity index is 0.000000350. The summed E-state index contributed by atoms with van der Waals surface area (Å²) >= 11 is 0. The number of esters is 1. The van der Waals surface area contributed by atoms with Crippen molar-refractivity contribution in [3.8, 4) is 5.75 Å². The largest absolute Gasteiger partial charge is 0.487 e. The zero-order valence-electron chi connectivity index (χ0n) is 27.4. The molecule has 0 radical (unpaired) electrons. The maximum absolute atomic E-state index is 14.2. The Morgan fingerprint density at radius 1 is 0.956 bits per heavy atom. The summed E-state index contributed by atoms with van der Waals surface area (Å²) in [7, 11) is 0. The van der Waals surface area contributed by atoms with Crippen LogP contribution in [0.2, 0.25) is 0 Å². The van der Waals surface area contributed by atoms with Crippen molar-refractivity contribution >= 4 is 5.97 Å². The number of allylic oxidation sites excluding steroid dienone is 2. The summed E-state index contributed by atoms with van der Waals surface area (Å²) in [5.74, 6) is -4.00. The summed E-state index contributed by atoms with van der Waals surface area (Å²) in [4.78, 5) is 11.5. The fraction of sp³-hybridized carbons (Fsp3) is 0.703. The van der Waals surface area contributed by atoms with Crippen LogP contribution in [-0.4, -0.2) is 59.1 Å². The second kappa shape index (κ2) is 20.1. The molecule has 6 nitrogen and oxygen atoms in total. The van der Waals surface area contributed by atoms with E-state index in [9.17, 15) is 23.8 Å². The van der Waals surface area contributed by atoms with Crippen LogP contribution in [0.3, 0.4) is 0 Å². The highest BCUT2D eigenvalue weighted by Crippen LogP contribution is 2.37. The molecular weight excluding hydrogens is 576 g/mol. The van der Waals surface area contributed by atoms with Crippen LogP contribution in [0.4, 0.5) is 8.78 Å². The quantitative estimate of drug-likeness (QED) is 0.110. The number of aliphatic hydroxyl groups is 2. The van der Waals surface area contributed by atoms with Crippen molar-refractivity contribution < 1.29 is 33.3 Å². The van der Waals surface area contributed by atoms with Crippen LogP contribution >= 0.6 is 0 Å². The van der Waals surface area contributed by atoms with E-state index in [1.807, 2.05) is 12.2 Å². The van der Waals surface area contributed by atoms with E-state index in [1.54, 1.807) is 44.2 Å². The smallest absolute Gasteiger partial charge is 0.306 e. The summed E-state index contributed by atoms with van der Waals surface area (Å²) in [6.45, 7) is 2.80. The van der Waals surface area contributed by atoms with Crippen LogP contribution in [0.25, 0.3) is 0 Å². The molecule has 1 aromatic carbocycles. The van der Waals surface area contributed by atoms with Gasteiger partial charge in [-0.15, -0.1) is 0 Å². The number of ether oxygens (including phenoxy) is 2. The molecule has 0 spiro atoms. The van der Waals surface area contributed by atoms with Crippen molar-refractivity contribution in [2.45, 2.75) is 146 Å². The molecule has 45 heavy (non-hydrogen) atoms. The Bertz CT molecular complexity index is 989. The minimum absolute atomic E-state index is 0.129. The van der Waals surface area contributed by atoms with Gasteiger partial charge in [-0.1, -0.05) is 75.0 Å². The third-order valence-electron chi connectivity index (χ3n) is 9.03. The Morgan fingerprint density at radius 3 is 2.18 bits per heavy atom. The van der Waals surface area contributed by atoms with Crippen LogP contribution in [0.5, 0.6) is 5.75 Å². The Hall–Kier alpha value is -2.29. The Labute approximate surface area is 269 Å². The average Bonchev–Trinajstić information content (AvgIpc) is 3.29. The first kappa shape index (κ1) is 37.2. The summed E-state index contributed by atoms with van der Waals surface area (Å²) < 4.78 is 38.7. The third-order valence-corrected chi connectivity index (χ3v) is 9.03. The highest BCUT2D eigenvalue weighted by molar-refractivity contribution is 5.69. The summed E-state index contributed by atoms with van der Waals surface area (Å²) in [6, 6.07) is 10.1. The lowest BCUT2D eigenvalue weighted by Gasteiger charge is -2.30. The lowest BCUT2D eigenvalue weighted by molar-refractivity contribution is -0.147. The van der Waals surface area contributed by atoms with E-state index in [1.165, 1.54) is 70.3 Å². The van der Waals surface area contributed by atoms with Gasteiger partial charge in [-0.3, -0.25) is 4.79 Å². The van der Waals surface area contributed by atoms with Crippen LogP contribution < -0.4 is 10.1 Å². The molecule has 0 unspecified atom stereocenters. The van der Waals surface area contributed by atoms with Crippen molar-refractivity contribution in [3.05, 3.63) is 54.6 Å². The molecule has 4 atom stereocenters. The fourth-order valence-corrected chi connectivity index (χ4v) is 6.63. The number of hydrogen-bond donors (Lipinski definition) is 3. The van der Waals surface area contributed by atoms with E-state index in [0.717, 1.165) is 18.2 Å². The number of unbranched alkanes of at least 4 members (excludes halogenated alkanes) is 1. The molecule has 8 heteroatoms. The van der Waals surface area contributed by atoms with Crippen LogP contribution in [0.1, 0.15) is 110 Å². The third kappa shape index (κ3) is 14.8. The van der Waals surface area contributed by atoms with Gasteiger partial charge in [0.2, 0.25) is 0 Å². The number of nitrogens with one attached hydrogen (secondary N) is 1. The molecule has 3 fully saturated rings. The van der Waals surface area contributed by atoms with Crippen molar-refractivity contribution in [2.75, 3.05) is 6.61 Å². The first-order valence-electron chi connectivity index (χ1n) is 17.3. The first-order chi connectivity index (χ1) is 21.6. The molecule has 0 heterocycles. The van der Waals surface area contributed by atoms with Crippen LogP contribution in [0, 0.1) is 11.8 Å². The minimum Gasteiger partial charge on any atom is -0.487 e. The van der Waals surface area contributed by atoms with E-state index in [-0.39, 0.29) is 24.4 Å². The standard InChI is InChI=1S/C25H34F2O5.C12H23N/c1-18(2)32-24(30)13-9-4-3-8-12-20-21(23(29)16-22(20)28)14-15-25(26,27)17-31-19-10-6-5-7-11-19;1-3-7-11(8-4-1)13-12-9-5-2-6-10-12/h3,5-8,10-11,14-15,18,20-23,28-29H,4,9,12-13,16-17H2,1-2H3;11-13H,1-10H2/b8-3+,15-14+;/t20-,21-,22+,23-;/m1./s1. The van der Waals surface area contributed by atoms with E-state index in [0.29, 0.717) is 31.4 Å². The maximum Gasteiger partial charge on any atom is 0.306 e. The molecule has 0 aromatic heterocycles. The van der Waals surface area contributed by atoms with E-state index in [2.05, 4.69) is 5.32 Å². The fourth-order valence-electron chi connectivity index (χ4n) is 6.63. The van der Waals surface area contributed by atoms with Gasteiger partial charge in [0, 0.05) is 30.8 Å². The molecular formula is C37H57F2NO5. The summed E-state index contributed by atoms with van der Waals surface area (Å²) in [6.07, 6.45) is 20.9. The average molecular weight is 634 g/mol. The molecule has 3 saturated carbocycles. The van der Waals surface area contributed by atoms with Gasteiger partial charge in [-0.25, -0.2) is 0 Å². The molecule has 1 aromatic rings. The lowest BCUT2D eigenvalue weighted by Crippen LogP contribution is -2.40. The van der Waals surface area contributed by atoms with Crippen molar-refractivity contribution in [3.63, 3.8) is 0 Å². The molecule has 0 aliphatic heterocycles. The number of hydrogen-bond acceptors (Lipinski definition) is 6. The number of aliphatic hydroxyl groups excluding tert-OH is 2. The van der Waals surface area contributed by atoms with Crippen molar-refractivity contribution in [2.24, 2.45) is 11.8 Å². The number of alkyl halides is 2. The van der Waals surface area contributed by atoms with Gasteiger partial charge in [0.25, 0.3) is 5.92 Å². The zero-order chi connectivity index (χ0) is 32.5. The number of halogens is 2. The van der Waals surface area contributed by atoms with Gasteiger partial charge in [-0.2, -0.15) is 8.78 Å². The van der Waals surface area contributed by atoms with Gasteiger partial charge in [0.15, 0.2) is 6.61 Å². The monoisotopic (exact) mass is 633 g/mol. The molecule has 3 aliphatic rings. The highest BCUT2D eigenvalue weighted by Gasteiger charge is 2.40. The van der Waals surface area contributed by atoms with Crippen LogP contribution in [-0.2, 0) is 9.53 Å². The van der Waals surface area contributed by atoms with E-state index < -0.39 is 30.7 Å². The van der Waals surface area contributed by atoms with Gasteiger partial charge in [-0.05, 0) is 82.9 Å². The molecule has 0 bridgehead atoms. The first-order valence-corrected chi connectivity index (χ1v) is 17.3. The summed E-state index contributed by atoms with van der Waals surface area (Å²) in [5.41, 5.74) is 0. The molecule has 4 rings (SSSR count). The second-order valence-electron chi connectivity index (χ2n) is 13.3. The van der Waals surface area contributed by atoms with Crippen molar-refractivity contribution in [1.29, 1.82) is 0 Å². The van der Waals surface area contributed by atoms with Crippen molar-refractivity contribution in [1.82, 2.24) is 5.32 Å². The highest BCUT2D eigenvalue weighted by atomic mass is 19.3. The zero-order valence-corrected chi connectivity index (χ0v) is 27.4. The molecule has 3 aliphatic carbocycles. The topological polar surface area (TPSA) is 88.0 Å². The SMILES string of the molecule is C1CCC(NC2CCCCC2)CC1.CC(C)OC(=O)CCC/C=C/C[C@@H]1[C@@H](/C=C/C(F)(F)COc2ccccc2)[C@H](O)C[C@@H]1O. The number of para-hydroxylation sites is 1. The Kier molecular flexibility index (Phi) is 16.6. The maximum atomic E-state index is 14.2. The van der Waals surface area contributed by atoms with Gasteiger partial charge in [0.1, 0.15) is 5.75 Å². The molecule has 3 N–H and O–H groups in total. The number of rotatable bonds is 14. The Morgan fingerprint density at radius 2 is 1.58 bits per heavy atom. The van der Waals surface area contributed by atoms with E-state index in [4.69, 9.17) is 9.47 Å². The van der Waals surface area contributed by atoms with Gasteiger partial charge < -0.3 is 25.0 Å². The van der Waals surface area contributed by atoms with Gasteiger partial charge in [0.05, 0.1) is 18.3 Å². The molecule has 254 valence electrons. The van der Waals surface area contributed by atoms with E-state index >= 15 is 0 Å². The normalized spacial score (nSPS) is 25.0. The number of carbonyl (C=O) groups excluding carboxylic acids is 1. The van der Waals surface area contributed by atoms with Gasteiger partial charge >= 0.3 is 5.97 Å².